The Kier molecular flexibility index (Phi) is 6.49. The first-order valence-corrected chi connectivity index (χ1v) is 13.5. The van der Waals surface area contributed by atoms with Crippen LogP contribution in [0.15, 0.2) is 12.5 Å². The van der Waals surface area contributed by atoms with Crippen LogP contribution >= 0.6 is 15.2 Å². The molecule has 1 saturated carbocycles. The van der Waals surface area contributed by atoms with E-state index in [1.807, 2.05) is 0 Å². The number of hydrogen-bond acceptors (Lipinski definition) is 9. The SMILES string of the molecule is O=P(O)(O)CP(=O)(O)OC[C@H]1O[C@@H](c2cnc3c(NC4CCCC4)ncnn23)C[C@@H]1O. The zero-order chi connectivity index (χ0) is 22.2. The van der Waals surface area contributed by atoms with Gasteiger partial charge in [-0.25, -0.2) is 14.5 Å². The van der Waals surface area contributed by atoms with Gasteiger partial charge in [0.25, 0.3) is 0 Å². The van der Waals surface area contributed by atoms with Crippen LogP contribution in [0.25, 0.3) is 5.65 Å². The minimum Gasteiger partial charge on any atom is -0.390 e. The van der Waals surface area contributed by atoms with Crippen LogP contribution < -0.4 is 5.32 Å². The molecule has 13 nitrogen and oxygen atoms in total. The first kappa shape index (κ1) is 22.8. The van der Waals surface area contributed by atoms with Gasteiger partial charge in [0, 0.05) is 12.5 Å². The molecule has 15 heteroatoms. The second-order valence-electron chi connectivity index (χ2n) is 7.86. The third-order valence-electron chi connectivity index (χ3n) is 5.38. The number of rotatable bonds is 8. The van der Waals surface area contributed by atoms with Gasteiger partial charge in [-0.05, 0) is 12.8 Å². The number of hydrogen-bond donors (Lipinski definition) is 5. The van der Waals surface area contributed by atoms with Gasteiger partial charge in [0.05, 0.1) is 24.6 Å². The van der Waals surface area contributed by atoms with E-state index in [1.54, 1.807) is 10.7 Å². The van der Waals surface area contributed by atoms with E-state index in [1.165, 1.54) is 19.2 Å². The Balaban J connectivity index is 1.44. The molecule has 2 aromatic rings. The zero-order valence-electron chi connectivity index (χ0n) is 16.5. The Morgan fingerprint density at radius 2 is 1.97 bits per heavy atom. The Morgan fingerprint density at radius 1 is 1.23 bits per heavy atom. The second-order valence-corrected chi connectivity index (χ2v) is 11.9. The topological polar surface area (TPSA) is 189 Å². The largest absolute Gasteiger partial charge is 0.390 e. The molecule has 3 heterocycles. The van der Waals surface area contributed by atoms with E-state index < -0.39 is 46.0 Å². The van der Waals surface area contributed by atoms with Crippen LogP contribution in [0.1, 0.15) is 43.9 Å². The fraction of sp³-hybridized carbons (Fsp3) is 0.688. The van der Waals surface area contributed by atoms with Crippen molar-refractivity contribution in [2.24, 2.45) is 0 Å². The van der Waals surface area contributed by atoms with E-state index in [0.29, 0.717) is 23.2 Å². The lowest BCUT2D eigenvalue weighted by Gasteiger charge is -2.18. The van der Waals surface area contributed by atoms with Crippen molar-refractivity contribution < 1.29 is 38.2 Å². The van der Waals surface area contributed by atoms with Crippen molar-refractivity contribution in [1.82, 2.24) is 19.6 Å². The number of aliphatic hydroxyl groups is 1. The molecule has 0 spiro atoms. The Bertz CT molecular complexity index is 1020. The molecule has 1 unspecified atom stereocenters. The van der Waals surface area contributed by atoms with Crippen LogP contribution in [0.3, 0.4) is 0 Å². The summed E-state index contributed by atoms with van der Waals surface area (Å²) in [4.78, 5) is 36.0. The average Bonchev–Trinajstić information content (AvgIpc) is 3.38. The van der Waals surface area contributed by atoms with E-state index in [4.69, 9.17) is 19.0 Å². The molecule has 2 aromatic heterocycles. The maximum Gasteiger partial charge on any atom is 0.340 e. The van der Waals surface area contributed by atoms with Crippen LogP contribution in [0, 0.1) is 0 Å². The molecule has 2 fully saturated rings. The van der Waals surface area contributed by atoms with Gasteiger partial charge < -0.3 is 34.4 Å². The average molecular weight is 477 g/mol. The fourth-order valence-corrected chi connectivity index (χ4v) is 6.52. The van der Waals surface area contributed by atoms with Crippen LogP contribution in [0.4, 0.5) is 5.82 Å². The molecule has 31 heavy (non-hydrogen) atoms. The highest BCUT2D eigenvalue weighted by Crippen LogP contribution is 2.55. The number of nitrogens with zero attached hydrogens (tertiary/aromatic N) is 4. The summed E-state index contributed by atoms with van der Waals surface area (Å²) in [5.41, 5.74) is 1.11. The van der Waals surface area contributed by atoms with Gasteiger partial charge in [0.1, 0.15) is 18.5 Å². The molecule has 4 atom stereocenters. The van der Waals surface area contributed by atoms with Crippen molar-refractivity contribution in [3.63, 3.8) is 0 Å². The number of anilines is 1. The number of ether oxygens (including phenoxy) is 1. The van der Waals surface area contributed by atoms with E-state index in [0.717, 1.165) is 12.8 Å². The summed E-state index contributed by atoms with van der Waals surface area (Å²) >= 11 is 0. The third kappa shape index (κ3) is 5.50. The van der Waals surface area contributed by atoms with E-state index in [-0.39, 0.29) is 6.42 Å². The maximum absolute atomic E-state index is 11.8. The Morgan fingerprint density at radius 3 is 2.68 bits per heavy atom. The lowest BCUT2D eigenvalue weighted by molar-refractivity contribution is -0.0198. The number of imidazole rings is 1. The molecule has 5 N–H and O–H groups in total. The van der Waals surface area contributed by atoms with Gasteiger partial charge >= 0.3 is 15.2 Å². The van der Waals surface area contributed by atoms with Crippen LogP contribution in [0.5, 0.6) is 0 Å². The van der Waals surface area contributed by atoms with E-state index in [9.17, 15) is 19.1 Å². The first-order chi connectivity index (χ1) is 14.6. The van der Waals surface area contributed by atoms with Crippen LogP contribution in [-0.4, -0.2) is 70.1 Å². The molecule has 172 valence electrons. The van der Waals surface area contributed by atoms with Crippen molar-refractivity contribution in [3.8, 4) is 0 Å². The Hall–Kier alpha value is -1.43. The van der Waals surface area contributed by atoms with Gasteiger partial charge in [0.2, 0.25) is 0 Å². The summed E-state index contributed by atoms with van der Waals surface area (Å²) in [6, 6.07) is 0.340. The molecule has 1 aliphatic carbocycles. The highest BCUT2D eigenvalue weighted by atomic mass is 31.2. The molecule has 0 aromatic carbocycles. The zero-order valence-corrected chi connectivity index (χ0v) is 18.3. The van der Waals surface area contributed by atoms with Gasteiger partial charge in [0.15, 0.2) is 17.4 Å². The lowest BCUT2D eigenvalue weighted by atomic mass is 10.1. The molecule has 1 aliphatic heterocycles. The number of aliphatic hydroxyl groups excluding tert-OH is 1. The van der Waals surface area contributed by atoms with Crippen molar-refractivity contribution >= 4 is 26.7 Å². The first-order valence-electron chi connectivity index (χ1n) is 9.91. The smallest absolute Gasteiger partial charge is 0.340 e. The van der Waals surface area contributed by atoms with Gasteiger partial charge in [-0.2, -0.15) is 5.10 Å². The molecular weight excluding hydrogens is 452 g/mol. The van der Waals surface area contributed by atoms with Crippen molar-refractivity contribution in [2.45, 2.75) is 56.5 Å². The standard InChI is InChI=1S/C16H25N5O8P2/c22-12-5-13(29-14(12)7-28-31(26,27)9-30(23,24)25)11-6-17-16-15(18-8-19-21(11)16)20-10-3-1-2-4-10/h6,8,10,12-14,22H,1-5,7,9H2,(H,26,27)(H,18,19,20)(H2,23,24,25)/t12-,13+,14+/m0/s1. The monoisotopic (exact) mass is 477 g/mol. The molecule has 1 saturated heterocycles. The lowest BCUT2D eigenvalue weighted by Crippen LogP contribution is -2.26. The molecule has 0 amide bonds. The molecule has 4 rings (SSSR count). The van der Waals surface area contributed by atoms with E-state index >= 15 is 0 Å². The summed E-state index contributed by atoms with van der Waals surface area (Å²) in [6.07, 6.45) is 5.07. The predicted octanol–water partition coefficient (Wildman–Crippen LogP) is 1.01. The summed E-state index contributed by atoms with van der Waals surface area (Å²) in [7, 11) is -9.27. The summed E-state index contributed by atoms with van der Waals surface area (Å²) in [5.74, 6) is -0.682. The minimum absolute atomic E-state index is 0.172. The van der Waals surface area contributed by atoms with Crippen molar-refractivity contribution in [2.75, 3.05) is 17.8 Å². The minimum atomic E-state index is -4.73. The molecule has 0 bridgehead atoms. The maximum atomic E-state index is 11.8. The highest BCUT2D eigenvalue weighted by molar-refractivity contribution is 7.70. The summed E-state index contributed by atoms with van der Waals surface area (Å²) in [5, 5.41) is 17.9. The molecular formula is C16H25N5O8P2. The quantitative estimate of drug-likeness (QED) is 0.340. The predicted molar refractivity (Wildman–Crippen MR) is 108 cm³/mol. The molecule has 0 radical (unpaired) electrons. The normalized spacial score (nSPS) is 27.0. The van der Waals surface area contributed by atoms with Crippen LogP contribution in [0.2, 0.25) is 0 Å². The Labute approximate surface area is 177 Å². The fourth-order valence-electron chi connectivity index (χ4n) is 3.95. The number of nitrogens with one attached hydrogen (secondary N) is 1. The highest BCUT2D eigenvalue weighted by Gasteiger charge is 2.39. The summed E-state index contributed by atoms with van der Waals surface area (Å²) in [6.45, 7) is -0.494. The third-order valence-corrected chi connectivity index (χ3v) is 8.84. The van der Waals surface area contributed by atoms with Gasteiger partial charge in [-0.15, -0.1) is 0 Å². The van der Waals surface area contributed by atoms with Gasteiger partial charge in [-0.3, -0.25) is 9.13 Å². The number of aromatic nitrogens is 4. The number of fused-ring (bicyclic) bond motifs is 1. The summed E-state index contributed by atoms with van der Waals surface area (Å²) < 4.78 is 34.9. The van der Waals surface area contributed by atoms with Crippen LogP contribution in [-0.2, 0) is 18.4 Å². The second kappa shape index (κ2) is 8.84. The van der Waals surface area contributed by atoms with Crippen molar-refractivity contribution in [3.05, 3.63) is 18.2 Å². The van der Waals surface area contributed by atoms with E-state index in [2.05, 4.69) is 20.4 Å². The molecule has 2 aliphatic rings. The van der Waals surface area contributed by atoms with Crippen molar-refractivity contribution in [1.29, 1.82) is 0 Å². The van der Waals surface area contributed by atoms with Gasteiger partial charge in [-0.1, -0.05) is 12.8 Å².